The molecular formula is C21H21N3O3. The van der Waals surface area contributed by atoms with Gasteiger partial charge in [-0.1, -0.05) is 49.6 Å². The first kappa shape index (κ1) is 17.4. The fraction of sp³-hybridized carbons (Fsp3) is 0.333. The van der Waals surface area contributed by atoms with E-state index < -0.39 is 4.92 Å². The number of fused-ring (bicyclic) bond motifs is 1. The number of nitro benzene ring substituents is 1. The van der Waals surface area contributed by atoms with Crippen molar-refractivity contribution in [3.63, 3.8) is 0 Å². The minimum absolute atomic E-state index is 0.00402. The molecule has 4 rings (SSSR count). The highest BCUT2D eigenvalue weighted by atomic mass is 16.6. The second-order valence-electron chi connectivity index (χ2n) is 7.18. The third-order valence-corrected chi connectivity index (χ3v) is 5.39. The van der Waals surface area contributed by atoms with Crippen LogP contribution in [0.25, 0.3) is 22.2 Å². The number of nitrogens with zero attached hydrogens (tertiary/aromatic N) is 3. The normalized spacial score (nSPS) is 15.1. The molecule has 0 radical (unpaired) electrons. The van der Waals surface area contributed by atoms with Crippen molar-refractivity contribution in [2.45, 2.75) is 38.6 Å². The third kappa shape index (κ3) is 3.47. The van der Waals surface area contributed by atoms with Crippen LogP contribution in [0, 0.1) is 16.0 Å². The van der Waals surface area contributed by atoms with Crippen LogP contribution in [0.5, 0.6) is 0 Å². The Balaban J connectivity index is 1.91. The summed E-state index contributed by atoms with van der Waals surface area (Å²) in [6.45, 7) is 0.620. The van der Waals surface area contributed by atoms with Gasteiger partial charge >= 0.3 is 5.69 Å². The molecule has 0 unspecified atom stereocenters. The van der Waals surface area contributed by atoms with Crippen molar-refractivity contribution in [1.29, 1.82) is 0 Å². The van der Waals surface area contributed by atoms with Gasteiger partial charge in [-0.3, -0.25) is 14.7 Å². The molecule has 3 aromatic rings. The third-order valence-electron chi connectivity index (χ3n) is 5.39. The predicted octanol–water partition coefficient (Wildman–Crippen LogP) is 4.55. The molecule has 1 aliphatic rings. The smallest absolute Gasteiger partial charge is 0.292 e. The standard InChI is InChI=1S/C21H21N3O3/c25-21-22-20(16-9-5-2-6-10-16)18-13-17(24(26)27)11-12-19(18)23(21)14-15-7-3-1-4-8-15/h2,5-6,9-13,15H,1,3-4,7-8,14H2. The summed E-state index contributed by atoms with van der Waals surface area (Å²) in [7, 11) is 0. The molecule has 0 saturated heterocycles. The molecule has 1 heterocycles. The van der Waals surface area contributed by atoms with Crippen molar-refractivity contribution in [3.05, 3.63) is 69.1 Å². The molecule has 0 spiro atoms. The zero-order valence-corrected chi connectivity index (χ0v) is 15.0. The summed E-state index contributed by atoms with van der Waals surface area (Å²) in [5, 5.41) is 11.9. The highest BCUT2D eigenvalue weighted by molar-refractivity contribution is 5.93. The van der Waals surface area contributed by atoms with Crippen LogP contribution >= 0.6 is 0 Å². The van der Waals surface area contributed by atoms with Crippen LogP contribution in [-0.2, 0) is 6.54 Å². The van der Waals surface area contributed by atoms with E-state index in [0.29, 0.717) is 29.1 Å². The van der Waals surface area contributed by atoms with E-state index in [9.17, 15) is 14.9 Å². The van der Waals surface area contributed by atoms with Crippen molar-refractivity contribution in [2.24, 2.45) is 5.92 Å². The first-order chi connectivity index (χ1) is 13.1. The second kappa shape index (κ2) is 7.31. The van der Waals surface area contributed by atoms with E-state index in [2.05, 4.69) is 4.98 Å². The Bertz CT molecular complexity index is 1040. The summed E-state index contributed by atoms with van der Waals surface area (Å²) in [4.78, 5) is 28.0. The summed E-state index contributed by atoms with van der Waals surface area (Å²) in [5.74, 6) is 0.458. The van der Waals surface area contributed by atoms with Crippen LogP contribution in [0.3, 0.4) is 0 Å². The Kier molecular flexibility index (Phi) is 4.71. The Morgan fingerprint density at radius 3 is 2.52 bits per heavy atom. The number of aromatic nitrogens is 2. The highest BCUT2D eigenvalue weighted by Gasteiger charge is 2.19. The summed E-state index contributed by atoms with van der Waals surface area (Å²) in [6.07, 6.45) is 5.86. The van der Waals surface area contributed by atoms with Gasteiger partial charge in [0.25, 0.3) is 5.69 Å². The molecule has 138 valence electrons. The molecule has 1 saturated carbocycles. The molecule has 27 heavy (non-hydrogen) atoms. The molecule has 0 amide bonds. The van der Waals surface area contributed by atoms with E-state index in [1.807, 2.05) is 30.3 Å². The lowest BCUT2D eigenvalue weighted by molar-refractivity contribution is -0.384. The lowest BCUT2D eigenvalue weighted by atomic mass is 9.89. The van der Waals surface area contributed by atoms with E-state index in [0.717, 1.165) is 18.4 Å². The molecule has 0 bridgehead atoms. The first-order valence-electron chi connectivity index (χ1n) is 9.38. The summed E-state index contributed by atoms with van der Waals surface area (Å²) in [6, 6.07) is 14.0. The monoisotopic (exact) mass is 363 g/mol. The minimum Gasteiger partial charge on any atom is -0.292 e. The minimum atomic E-state index is -0.412. The first-order valence-corrected chi connectivity index (χ1v) is 9.38. The fourth-order valence-corrected chi connectivity index (χ4v) is 4.00. The lowest BCUT2D eigenvalue weighted by Gasteiger charge is -2.23. The summed E-state index contributed by atoms with van der Waals surface area (Å²) < 4.78 is 1.70. The molecule has 1 aliphatic carbocycles. The Morgan fingerprint density at radius 2 is 1.81 bits per heavy atom. The van der Waals surface area contributed by atoms with E-state index in [-0.39, 0.29) is 11.4 Å². The van der Waals surface area contributed by atoms with Crippen LogP contribution in [-0.4, -0.2) is 14.5 Å². The number of rotatable bonds is 4. The zero-order valence-electron chi connectivity index (χ0n) is 15.0. The largest absolute Gasteiger partial charge is 0.348 e. The number of benzene rings is 2. The average molecular weight is 363 g/mol. The average Bonchev–Trinajstić information content (AvgIpc) is 2.71. The molecular weight excluding hydrogens is 342 g/mol. The van der Waals surface area contributed by atoms with E-state index >= 15 is 0 Å². The molecule has 1 fully saturated rings. The van der Waals surface area contributed by atoms with Crippen LogP contribution in [0.1, 0.15) is 32.1 Å². The Hall–Kier alpha value is -3.02. The van der Waals surface area contributed by atoms with Gasteiger partial charge in [0, 0.05) is 29.6 Å². The van der Waals surface area contributed by atoms with Gasteiger partial charge in [-0.25, -0.2) is 4.79 Å². The van der Waals surface area contributed by atoms with E-state index in [1.165, 1.54) is 31.4 Å². The Labute approximate surface area is 156 Å². The van der Waals surface area contributed by atoms with Crippen molar-refractivity contribution >= 4 is 16.6 Å². The maximum absolute atomic E-state index is 12.8. The SMILES string of the molecule is O=c1nc(-c2ccccc2)c2cc([N+](=O)[O-])ccc2n1CC1CCCCC1. The molecule has 2 aromatic carbocycles. The second-order valence-corrected chi connectivity index (χ2v) is 7.18. The molecule has 0 N–H and O–H groups in total. The summed E-state index contributed by atoms with van der Waals surface area (Å²) >= 11 is 0. The molecule has 6 heteroatoms. The Morgan fingerprint density at radius 1 is 1.07 bits per heavy atom. The quantitative estimate of drug-likeness (QED) is 0.503. The van der Waals surface area contributed by atoms with E-state index in [4.69, 9.17) is 0 Å². The maximum atomic E-state index is 12.8. The van der Waals surface area contributed by atoms with Crippen LogP contribution in [0.4, 0.5) is 5.69 Å². The number of nitro groups is 1. The number of hydrogen-bond donors (Lipinski definition) is 0. The number of hydrogen-bond acceptors (Lipinski definition) is 4. The van der Waals surface area contributed by atoms with Crippen molar-refractivity contribution in [1.82, 2.24) is 9.55 Å². The van der Waals surface area contributed by atoms with Crippen molar-refractivity contribution in [2.75, 3.05) is 0 Å². The molecule has 0 aliphatic heterocycles. The van der Waals surface area contributed by atoms with Crippen molar-refractivity contribution in [3.8, 4) is 11.3 Å². The van der Waals surface area contributed by atoms with Crippen molar-refractivity contribution < 1.29 is 4.92 Å². The van der Waals surface area contributed by atoms with Crippen LogP contribution < -0.4 is 5.69 Å². The van der Waals surface area contributed by atoms with Gasteiger partial charge in [-0.15, -0.1) is 0 Å². The van der Waals surface area contributed by atoms with Gasteiger partial charge in [0.05, 0.1) is 16.1 Å². The topological polar surface area (TPSA) is 78.0 Å². The van der Waals surface area contributed by atoms with Crippen LogP contribution in [0.2, 0.25) is 0 Å². The summed E-state index contributed by atoms with van der Waals surface area (Å²) in [5.41, 5.74) is 1.71. The number of non-ortho nitro benzene ring substituents is 1. The fourth-order valence-electron chi connectivity index (χ4n) is 4.00. The van der Waals surface area contributed by atoms with Crippen LogP contribution in [0.15, 0.2) is 53.3 Å². The van der Waals surface area contributed by atoms with Gasteiger partial charge in [-0.2, -0.15) is 4.98 Å². The zero-order chi connectivity index (χ0) is 18.8. The van der Waals surface area contributed by atoms with Gasteiger partial charge in [0.15, 0.2) is 0 Å². The predicted molar refractivity (Wildman–Crippen MR) is 105 cm³/mol. The van der Waals surface area contributed by atoms with Gasteiger partial charge < -0.3 is 0 Å². The van der Waals surface area contributed by atoms with Gasteiger partial charge in [0.2, 0.25) is 0 Å². The maximum Gasteiger partial charge on any atom is 0.348 e. The molecule has 0 atom stereocenters. The van der Waals surface area contributed by atoms with Gasteiger partial charge in [0.1, 0.15) is 0 Å². The molecule has 6 nitrogen and oxygen atoms in total. The van der Waals surface area contributed by atoms with E-state index in [1.54, 1.807) is 10.6 Å². The molecule has 1 aromatic heterocycles. The lowest BCUT2D eigenvalue weighted by Crippen LogP contribution is -2.28. The van der Waals surface area contributed by atoms with Gasteiger partial charge in [-0.05, 0) is 24.8 Å². The highest BCUT2D eigenvalue weighted by Crippen LogP contribution is 2.30.